The Balaban J connectivity index is 2.47. The zero-order chi connectivity index (χ0) is 15.1. The van der Waals surface area contributed by atoms with Gasteiger partial charge in [0.05, 0.1) is 5.75 Å². The van der Waals surface area contributed by atoms with E-state index in [2.05, 4.69) is 35.9 Å². The molecule has 1 amide bonds. The van der Waals surface area contributed by atoms with E-state index in [4.69, 9.17) is 0 Å². The second-order valence-corrected chi connectivity index (χ2v) is 7.03. The largest absolute Gasteiger partial charge is 0.358 e. The number of aromatic nitrogens is 2. The standard InChI is InChI=1S/C13H22N4OS2/c1-6-17(7-9(2)3)11(18)8-19-13-16-15-12(20-13)14-10(4)5/h10H,2,6-8H2,1,3-5H3,(H,14,15). The topological polar surface area (TPSA) is 58.1 Å². The molecule has 0 aliphatic carbocycles. The Labute approximate surface area is 128 Å². The van der Waals surface area contributed by atoms with Crippen LogP contribution in [0.3, 0.4) is 0 Å². The first-order valence-electron chi connectivity index (χ1n) is 6.57. The zero-order valence-electron chi connectivity index (χ0n) is 12.5. The molecule has 0 bridgehead atoms. The first-order chi connectivity index (χ1) is 9.42. The minimum absolute atomic E-state index is 0.106. The van der Waals surface area contributed by atoms with Crippen molar-refractivity contribution in [2.24, 2.45) is 0 Å². The summed E-state index contributed by atoms with van der Waals surface area (Å²) in [5.74, 6) is 0.492. The van der Waals surface area contributed by atoms with E-state index in [1.165, 1.54) is 23.1 Å². The Morgan fingerprint density at radius 2 is 2.20 bits per heavy atom. The molecule has 1 N–H and O–H groups in total. The van der Waals surface area contributed by atoms with Gasteiger partial charge >= 0.3 is 0 Å². The van der Waals surface area contributed by atoms with E-state index in [9.17, 15) is 4.79 Å². The van der Waals surface area contributed by atoms with Crippen molar-refractivity contribution >= 4 is 34.1 Å². The second-order valence-electron chi connectivity index (χ2n) is 4.83. The molecule has 0 unspecified atom stereocenters. The van der Waals surface area contributed by atoms with Gasteiger partial charge in [-0.25, -0.2) is 0 Å². The molecule has 7 heteroatoms. The summed E-state index contributed by atoms with van der Waals surface area (Å²) in [5, 5.41) is 12.1. The number of nitrogens with zero attached hydrogens (tertiary/aromatic N) is 3. The molecule has 0 saturated heterocycles. The summed E-state index contributed by atoms with van der Waals surface area (Å²) in [7, 11) is 0. The van der Waals surface area contributed by atoms with Crippen molar-refractivity contribution in [1.29, 1.82) is 0 Å². The van der Waals surface area contributed by atoms with Gasteiger partial charge < -0.3 is 10.2 Å². The first-order valence-corrected chi connectivity index (χ1v) is 8.37. The van der Waals surface area contributed by atoms with Crippen LogP contribution in [0.5, 0.6) is 0 Å². The van der Waals surface area contributed by atoms with Crippen LogP contribution >= 0.6 is 23.1 Å². The summed E-state index contributed by atoms with van der Waals surface area (Å²) < 4.78 is 0.813. The van der Waals surface area contributed by atoms with Crippen molar-refractivity contribution in [1.82, 2.24) is 15.1 Å². The number of carbonyl (C=O) groups excluding carboxylic acids is 1. The van der Waals surface area contributed by atoms with Gasteiger partial charge in [0.15, 0.2) is 4.34 Å². The van der Waals surface area contributed by atoms with E-state index in [1.807, 2.05) is 13.8 Å². The van der Waals surface area contributed by atoms with Gasteiger partial charge in [-0.15, -0.1) is 10.2 Å². The highest BCUT2D eigenvalue weighted by Crippen LogP contribution is 2.26. The van der Waals surface area contributed by atoms with E-state index in [-0.39, 0.29) is 5.91 Å². The summed E-state index contributed by atoms with van der Waals surface area (Å²) in [5.41, 5.74) is 0.990. The molecule has 1 rings (SSSR count). The molecule has 1 aromatic rings. The lowest BCUT2D eigenvalue weighted by molar-refractivity contribution is -0.127. The molecule has 20 heavy (non-hydrogen) atoms. The summed E-state index contributed by atoms with van der Waals surface area (Å²) in [6, 6.07) is 0.327. The predicted octanol–water partition coefficient (Wildman–Crippen LogP) is 2.88. The number of hydrogen-bond donors (Lipinski definition) is 1. The van der Waals surface area contributed by atoms with E-state index in [1.54, 1.807) is 4.90 Å². The summed E-state index contributed by atoms with van der Waals surface area (Å²) in [4.78, 5) is 13.9. The monoisotopic (exact) mass is 314 g/mol. The van der Waals surface area contributed by atoms with E-state index in [0.29, 0.717) is 24.9 Å². The number of amides is 1. The second kappa shape index (κ2) is 8.26. The molecular formula is C13H22N4OS2. The van der Waals surface area contributed by atoms with Gasteiger partial charge in [0.25, 0.3) is 0 Å². The van der Waals surface area contributed by atoms with Crippen LogP contribution in [-0.2, 0) is 4.79 Å². The molecule has 0 aliphatic heterocycles. The molecular weight excluding hydrogens is 292 g/mol. The third-order valence-electron chi connectivity index (χ3n) is 2.33. The van der Waals surface area contributed by atoms with Crippen LogP contribution in [0.25, 0.3) is 0 Å². The molecule has 0 radical (unpaired) electrons. The third-order valence-corrected chi connectivity index (χ3v) is 4.31. The van der Waals surface area contributed by atoms with Crippen LogP contribution < -0.4 is 5.32 Å². The van der Waals surface area contributed by atoms with Crippen molar-refractivity contribution in [2.45, 2.75) is 38.1 Å². The fraction of sp³-hybridized carbons (Fsp3) is 0.615. The number of hydrogen-bond acceptors (Lipinski definition) is 6. The molecule has 0 fully saturated rings. The molecule has 112 valence electrons. The molecule has 5 nitrogen and oxygen atoms in total. The van der Waals surface area contributed by atoms with Crippen LogP contribution in [0.4, 0.5) is 5.13 Å². The Kier molecular flexibility index (Phi) is 7.01. The van der Waals surface area contributed by atoms with Gasteiger partial charge in [-0.3, -0.25) is 4.79 Å². The fourth-order valence-corrected chi connectivity index (χ4v) is 3.29. The minimum atomic E-state index is 0.106. The lowest BCUT2D eigenvalue weighted by atomic mass is 10.3. The smallest absolute Gasteiger partial charge is 0.233 e. The van der Waals surface area contributed by atoms with Crippen molar-refractivity contribution in [3.05, 3.63) is 12.2 Å². The zero-order valence-corrected chi connectivity index (χ0v) is 14.1. The average Bonchev–Trinajstić information content (AvgIpc) is 2.79. The molecule has 0 aliphatic rings. The quantitative estimate of drug-likeness (QED) is 0.590. The average molecular weight is 314 g/mol. The highest BCUT2D eigenvalue weighted by Gasteiger charge is 2.14. The lowest BCUT2D eigenvalue weighted by Gasteiger charge is -2.20. The number of nitrogens with one attached hydrogen (secondary N) is 1. The Morgan fingerprint density at radius 3 is 2.75 bits per heavy atom. The number of rotatable bonds is 8. The number of thioether (sulfide) groups is 1. The molecule has 0 spiro atoms. The van der Waals surface area contributed by atoms with Crippen molar-refractivity contribution in [3.63, 3.8) is 0 Å². The number of carbonyl (C=O) groups is 1. The number of anilines is 1. The van der Waals surface area contributed by atoms with Crippen LogP contribution in [0.1, 0.15) is 27.7 Å². The highest BCUT2D eigenvalue weighted by molar-refractivity contribution is 8.01. The van der Waals surface area contributed by atoms with Crippen LogP contribution in [-0.4, -0.2) is 45.9 Å². The normalized spacial score (nSPS) is 10.7. The fourth-order valence-electron chi connectivity index (χ4n) is 1.49. The maximum atomic E-state index is 12.1. The summed E-state index contributed by atoms with van der Waals surface area (Å²) in [6.07, 6.45) is 0. The van der Waals surface area contributed by atoms with E-state index >= 15 is 0 Å². The Hall–Kier alpha value is -1.08. The molecule has 0 aromatic carbocycles. The van der Waals surface area contributed by atoms with Crippen molar-refractivity contribution in [2.75, 3.05) is 24.2 Å². The first kappa shape index (κ1) is 17.0. The molecule has 0 atom stereocenters. The van der Waals surface area contributed by atoms with Crippen LogP contribution in [0, 0.1) is 0 Å². The van der Waals surface area contributed by atoms with Crippen molar-refractivity contribution < 1.29 is 4.79 Å². The van der Waals surface area contributed by atoms with Gasteiger partial charge in [-0.1, -0.05) is 35.3 Å². The number of likely N-dealkylation sites (N-methyl/N-ethyl adjacent to an activating group) is 1. The van der Waals surface area contributed by atoms with Crippen molar-refractivity contribution in [3.8, 4) is 0 Å². The summed E-state index contributed by atoms with van der Waals surface area (Å²) in [6.45, 7) is 13.2. The van der Waals surface area contributed by atoms with Gasteiger partial charge in [0.1, 0.15) is 0 Å². The minimum Gasteiger partial charge on any atom is -0.358 e. The maximum Gasteiger partial charge on any atom is 0.233 e. The van der Waals surface area contributed by atoms with Gasteiger partial charge in [-0.05, 0) is 27.7 Å². The van der Waals surface area contributed by atoms with Gasteiger partial charge in [0.2, 0.25) is 11.0 Å². The SMILES string of the molecule is C=C(C)CN(CC)C(=O)CSc1nnc(NC(C)C)s1. The predicted molar refractivity (Wildman–Crippen MR) is 86.5 cm³/mol. The van der Waals surface area contributed by atoms with E-state index < -0.39 is 0 Å². The highest BCUT2D eigenvalue weighted by atomic mass is 32.2. The van der Waals surface area contributed by atoms with Gasteiger partial charge in [0, 0.05) is 19.1 Å². The Bertz CT molecular complexity index is 459. The van der Waals surface area contributed by atoms with E-state index in [0.717, 1.165) is 15.0 Å². The van der Waals surface area contributed by atoms with Crippen LogP contribution in [0.15, 0.2) is 16.5 Å². The Morgan fingerprint density at radius 1 is 1.50 bits per heavy atom. The maximum absolute atomic E-state index is 12.1. The third kappa shape index (κ3) is 5.92. The molecule has 1 aromatic heterocycles. The van der Waals surface area contributed by atoms with Crippen LogP contribution in [0.2, 0.25) is 0 Å². The molecule has 1 heterocycles. The van der Waals surface area contributed by atoms with Gasteiger partial charge in [-0.2, -0.15) is 0 Å². The lowest BCUT2D eigenvalue weighted by Crippen LogP contribution is -2.33. The summed E-state index contributed by atoms with van der Waals surface area (Å²) >= 11 is 2.91. The molecule has 0 saturated carbocycles.